The van der Waals surface area contributed by atoms with Crippen LogP contribution in [-0.4, -0.2) is 34.5 Å². The lowest BCUT2D eigenvalue weighted by Gasteiger charge is -2.11. The number of nitrogens with zero attached hydrogens (tertiary/aromatic N) is 3. The zero-order chi connectivity index (χ0) is 19.8. The van der Waals surface area contributed by atoms with E-state index in [1.165, 1.54) is 26.4 Å². The summed E-state index contributed by atoms with van der Waals surface area (Å²) in [5.74, 6) is -0.283. The topological polar surface area (TPSA) is 97.4 Å². The van der Waals surface area contributed by atoms with Crippen LogP contribution in [0.1, 0.15) is 60.8 Å². The summed E-state index contributed by atoms with van der Waals surface area (Å²) in [5.41, 5.74) is 1.25. The van der Waals surface area contributed by atoms with Crippen LogP contribution in [-0.2, 0) is 0 Å². The number of aromatic nitrogens is 2. The normalized spacial score (nSPS) is 10.4. The number of hydrogen-bond acceptors (Lipinski definition) is 5. The van der Waals surface area contributed by atoms with Gasteiger partial charge in [0.25, 0.3) is 0 Å². The van der Waals surface area contributed by atoms with Crippen molar-refractivity contribution in [2.45, 2.75) is 46.0 Å². The van der Waals surface area contributed by atoms with Crippen LogP contribution in [0.15, 0.2) is 18.2 Å². The monoisotopic (exact) mass is 371 g/mol. The number of aromatic carboxylic acids is 1. The number of rotatable bonds is 10. The molecule has 0 saturated heterocycles. The molecule has 0 fully saturated rings. The maximum Gasteiger partial charge on any atom is 0.357 e. The van der Waals surface area contributed by atoms with E-state index in [1.807, 2.05) is 0 Å². The molecule has 0 unspecified atom stereocenters. The predicted molar refractivity (Wildman–Crippen MR) is 101 cm³/mol. The van der Waals surface area contributed by atoms with Crippen LogP contribution in [0.3, 0.4) is 0 Å². The van der Waals surface area contributed by atoms with Gasteiger partial charge in [0.1, 0.15) is 18.9 Å². The van der Waals surface area contributed by atoms with Gasteiger partial charge in [-0.15, -0.1) is 0 Å². The predicted octanol–water partition coefficient (Wildman–Crippen LogP) is 3.84. The van der Waals surface area contributed by atoms with Crippen molar-refractivity contribution in [2.24, 2.45) is 0 Å². The van der Waals surface area contributed by atoms with Gasteiger partial charge in [-0.2, -0.15) is 9.99 Å². The van der Waals surface area contributed by atoms with Crippen molar-refractivity contribution in [3.8, 4) is 23.2 Å². The van der Waals surface area contributed by atoms with Crippen LogP contribution in [0.2, 0.25) is 0 Å². The number of aryl methyl sites for hydroxylation is 1. The summed E-state index contributed by atoms with van der Waals surface area (Å²) in [6, 6.07) is 7.22. The Bertz CT molecular complexity index is 836. The van der Waals surface area contributed by atoms with Crippen molar-refractivity contribution in [2.75, 3.05) is 13.7 Å². The number of imidazole rings is 1. The largest absolute Gasteiger partial charge is 0.492 e. The lowest BCUT2D eigenvalue weighted by molar-refractivity contribution is 0.0640. The molecule has 1 aromatic carbocycles. The molecule has 0 aliphatic heterocycles. The quantitative estimate of drug-likeness (QED) is 0.637. The van der Waals surface area contributed by atoms with Crippen molar-refractivity contribution in [3.63, 3.8) is 0 Å². The zero-order valence-corrected chi connectivity index (χ0v) is 16.0. The van der Waals surface area contributed by atoms with Crippen LogP contribution in [0.5, 0.6) is 5.75 Å². The highest BCUT2D eigenvalue weighted by atomic mass is 16.6. The fraction of sp³-hybridized carbons (Fsp3) is 0.450. The first-order valence-corrected chi connectivity index (χ1v) is 9.07. The SMILES string of the molecule is CCCCCCCOc1ccc(-c2nc(C)c(C(=O)O)n2OC)cc1C#N. The molecule has 0 spiro atoms. The third-order valence-corrected chi connectivity index (χ3v) is 4.26. The summed E-state index contributed by atoms with van der Waals surface area (Å²) in [5, 5.41) is 18.8. The molecule has 0 bridgehead atoms. The summed E-state index contributed by atoms with van der Waals surface area (Å²) < 4.78 is 6.90. The Balaban J connectivity index is 2.20. The van der Waals surface area contributed by atoms with Gasteiger partial charge in [0, 0.05) is 5.56 Å². The molecule has 0 saturated carbocycles. The minimum absolute atomic E-state index is 0.0431. The Morgan fingerprint density at radius 2 is 2.04 bits per heavy atom. The lowest BCUT2D eigenvalue weighted by Crippen LogP contribution is -2.15. The average Bonchev–Trinajstić information content (AvgIpc) is 3.01. The molecule has 1 aromatic heterocycles. The van der Waals surface area contributed by atoms with Gasteiger partial charge in [-0.3, -0.25) is 0 Å². The summed E-state index contributed by atoms with van der Waals surface area (Å²) in [7, 11) is 1.37. The number of carboxylic acid groups (broad SMARTS) is 1. The molecular weight excluding hydrogens is 346 g/mol. The molecular formula is C20H25N3O4. The first-order chi connectivity index (χ1) is 13.0. The van der Waals surface area contributed by atoms with Crippen LogP contribution in [0.4, 0.5) is 0 Å². The molecule has 2 aromatic rings. The standard InChI is InChI=1S/C20H25N3O4/c1-4-5-6-7-8-11-27-17-10-9-15(12-16(17)13-21)19-22-14(2)18(20(24)25)23(19)26-3/h9-10,12H,4-8,11H2,1-3H3,(H,24,25). The highest BCUT2D eigenvalue weighted by Gasteiger charge is 2.22. The molecule has 144 valence electrons. The fourth-order valence-electron chi connectivity index (χ4n) is 2.88. The average molecular weight is 371 g/mol. The lowest BCUT2D eigenvalue weighted by atomic mass is 10.1. The van der Waals surface area contributed by atoms with Crippen molar-refractivity contribution >= 4 is 5.97 Å². The Kier molecular flexibility index (Phi) is 7.24. The van der Waals surface area contributed by atoms with E-state index in [9.17, 15) is 15.2 Å². The van der Waals surface area contributed by atoms with Gasteiger partial charge in [-0.05, 0) is 31.5 Å². The van der Waals surface area contributed by atoms with Gasteiger partial charge in [0.05, 0.1) is 17.9 Å². The van der Waals surface area contributed by atoms with E-state index < -0.39 is 5.97 Å². The van der Waals surface area contributed by atoms with Gasteiger partial charge in [-0.1, -0.05) is 32.6 Å². The Morgan fingerprint density at radius 1 is 1.30 bits per heavy atom. The van der Waals surface area contributed by atoms with E-state index in [4.69, 9.17) is 9.57 Å². The Morgan fingerprint density at radius 3 is 2.67 bits per heavy atom. The number of benzene rings is 1. The maximum atomic E-state index is 11.4. The molecule has 2 rings (SSSR count). The zero-order valence-electron chi connectivity index (χ0n) is 16.0. The molecule has 0 amide bonds. The molecule has 0 radical (unpaired) electrons. The number of nitriles is 1. The summed E-state index contributed by atoms with van der Waals surface area (Å²) in [6.45, 7) is 4.34. The Labute approximate surface area is 159 Å². The van der Waals surface area contributed by atoms with E-state index in [1.54, 1.807) is 25.1 Å². The fourth-order valence-corrected chi connectivity index (χ4v) is 2.88. The van der Waals surface area contributed by atoms with Crippen molar-refractivity contribution in [3.05, 3.63) is 35.2 Å². The molecule has 1 heterocycles. The maximum absolute atomic E-state index is 11.4. The first kappa shape index (κ1) is 20.3. The van der Waals surface area contributed by atoms with Crippen LogP contribution >= 0.6 is 0 Å². The molecule has 0 aliphatic rings. The summed E-state index contributed by atoms with van der Waals surface area (Å²) in [4.78, 5) is 20.9. The highest BCUT2D eigenvalue weighted by Crippen LogP contribution is 2.27. The minimum atomic E-state index is -1.13. The van der Waals surface area contributed by atoms with E-state index >= 15 is 0 Å². The van der Waals surface area contributed by atoms with Crippen LogP contribution in [0.25, 0.3) is 11.4 Å². The van der Waals surface area contributed by atoms with Gasteiger partial charge in [0.2, 0.25) is 0 Å². The smallest absolute Gasteiger partial charge is 0.357 e. The number of hydrogen-bond donors (Lipinski definition) is 1. The molecule has 27 heavy (non-hydrogen) atoms. The van der Waals surface area contributed by atoms with Gasteiger partial charge in [0.15, 0.2) is 11.5 Å². The molecule has 1 N–H and O–H groups in total. The van der Waals surface area contributed by atoms with E-state index in [2.05, 4.69) is 18.0 Å². The second kappa shape index (κ2) is 9.62. The second-order valence-corrected chi connectivity index (χ2v) is 6.24. The van der Waals surface area contributed by atoms with E-state index in [-0.39, 0.29) is 5.69 Å². The second-order valence-electron chi connectivity index (χ2n) is 6.24. The minimum Gasteiger partial charge on any atom is -0.492 e. The van der Waals surface area contributed by atoms with Gasteiger partial charge >= 0.3 is 5.97 Å². The number of carboxylic acids is 1. The highest BCUT2D eigenvalue weighted by molar-refractivity contribution is 5.88. The molecule has 7 heteroatoms. The third-order valence-electron chi connectivity index (χ3n) is 4.26. The Hall–Kier alpha value is -3.01. The first-order valence-electron chi connectivity index (χ1n) is 9.07. The van der Waals surface area contributed by atoms with Crippen LogP contribution in [0, 0.1) is 18.3 Å². The van der Waals surface area contributed by atoms with Gasteiger partial charge in [-0.25, -0.2) is 9.78 Å². The van der Waals surface area contributed by atoms with Crippen molar-refractivity contribution < 1.29 is 19.5 Å². The van der Waals surface area contributed by atoms with E-state index in [0.717, 1.165) is 17.6 Å². The van der Waals surface area contributed by atoms with Gasteiger partial charge < -0.3 is 14.7 Å². The molecule has 7 nitrogen and oxygen atoms in total. The van der Waals surface area contributed by atoms with Crippen LogP contribution < -0.4 is 9.57 Å². The van der Waals surface area contributed by atoms with Crippen molar-refractivity contribution in [1.82, 2.24) is 9.71 Å². The number of unbranched alkanes of at least 4 members (excludes halogenated alkanes) is 4. The third kappa shape index (κ3) is 4.79. The number of ether oxygens (including phenoxy) is 1. The molecule has 0 aliphatic carbocycles. The van der Waals surface area contributed by atoms with Crippen molar-refractivity contribution in [1.29, 1.82) is 5.26 Å². The van der Waals surface area contributed by atoms with E-state index in [0.29, 0.717) is 35.0 Å². The summed E-state index contributed by atoms with van der Waals surface area (Å²) >= 11 is 0. The molecule has 0 atom stereocenters. The summed E-state index contributed by atoms with van der Waals surface area (Å²) in [6.07, 6.45) is 5.66. The number of carbonyl (C=O) groups is 1.